The lowest BCUT2D eigenvalue weighted by Gasteiger charge is -2.25. The van der Waals surface area contributed by atoms with E-state index >= 15 is 0 Å². The van der Waals surface area contributed by atoms with Gasteiger partial charge in [0.05, 0.1) is 6.61 Å². The average Bonchev–Trinajstić information content (AvgIpc) is 1.96. The lowest BCUT2D eigenvalue weighted by molar-refractivity contribution is 0.123. The molecule has 0 aromatic rings. The standard InChI is InChI=1S/C12H27NO/c1-6-14-9-11(13)7-10(2)8-12(3,4)5/h10-11H,6-9,13H2,1-5H3. The summed E-state index contributed by atoms with van der Waals surface area (Å²) in [6.45, 7) is 12.6. The molecule has 0 bridgehead atoms. The maximum Gasteiger partial charge on any atom is 0.0617 e. The fraction of sp³-hybridized carbons (Fsp3) is 1.00. The van der Waals surface area contributed by atoms with E-state index in [1.807, 2.05) is 6.92 Å². The predicted molar refractivity (Wildman–Crippen MR) is 62.3 cm³/mol. The van der Waals surface area contributed by atoms with Crippen molar-refractivity contribution in [3.05, 3.63) is 0 Å². The van der Waals surface area contributed by atoms with Crippen molar-refractivity contribution in [2.45, 2.75) is 53.5 Å². The summed E-state index contributed by atoms with van der Waals surface area (Å²) in [5.74, 6) is 0.686. The highest BCUT2D eigenvalue weighted by molar-refractivity contribution is 4.71. The van der Waals surface area contributed by atoms with Crippen molar-refractivity contribution in [1.82, 2.24) is 0 Å². The predicted octanol–water partition coefficient (Wildman–Crippen LogP) is 2.81. The van der Waals surface area contributed by atoms with Crippen molar-refractivity contribution < 1.29 is 4.74 Å². The fourth-order valence-corrected chi connectivity index (χ4v) is 1.98. The molecular formula is C12H27NO. The zero-order valence-corrected chi connectivity index (χ0v) is 10.5. The van der Waals surface area contributed by atoms with Crippen LogP contribution in [0.3, 0.4) is 0 Å². The molecular weight excluding hydrogens is 174 g/mol. The van der Waals surface area contributed by atoms with Gasteiger partial charge in [-0.15, -0.1) is 0 Å². The second kappa shape index (κ2) is 6.41. The summed E-state index contributed by atoms with van der Waals surface area (Å²) in [6.07, 6.45) is 2.30. The first-order valence-corrected chi connectivity index (χ1v) is 5.68. The quantitative estimate of drug-likeness (QED) is 0.717. The van der Waals surface area contributed by atoms with Gasteiger partial charge < -0.3 is 10.5 Å². The summed E-state index contributed by atoms with van der Waals surface area (Å²) in [4.78, 5) is 0. The van der Waals surface area contributed by atoms with E-state index in [0.717, 1.165) is 13.0 Å². The molecule has 2 N–H and O–H groups in total. The lowest BCUT2D eigenvalue weighted by Crippen LogP contribution is -2.29. The van der Waals surface area contributed by atoms with Crippen molar-refractivity contribution in [3.63, 3.8) is 0 Å². The van der Waals surface area contributed by atoms with Crippen LogP contribution in [-0.4, -0.2) is 19.3 Å². The van der Waals surface area contributed by atoms with Gasteiger partial charge in [0.15, 0.2) is 0 Å². The molecule has 0 aliphatic heterocycles. The molecule has 0 aliphatic rings. The molecule has 0 rings (SSSR count). The number of hydrogen-bond donors (Lipinski definition) is 1. The fourth-order valence-electron chi connectivity index (χ4n) is 1.98. The molecule has 2 nitrogen and oxygen atoms in total. The Balaban J connectivity index is 3.65. The summed E-state index contributed by atoms with van der Waals surface area (Å²) in [5.41, 5.74) is 6.36. The van der Waals surface area contributed by atoms with Crippen molar-refractivity contribution in [2.24, 2.45) is 17.1 Å². The Morgan fingerprint density at radius 2 is 1.86 bits per heavy atom. The van der Waals surface area contributed by atoms with E-state index in [2.05, 4.69) is 27.7 Å². The van der Waals surface area contributed by atoms with Crippen molar-refractivity contribution >= 4 is 0 Å². The molecule has 0 radical (unpaired) electrons. The lowest BCUT2D eigenvalue weighted by atomic mass is 9.83. The second-order valence-electron chi connectivity index (χ2n) is 5.53. The highest BCUT2D eigenvalue weighted by Crippen LogP contribution is 2.26. The zero-order valence-electron chi connectivity index (χ0n) is 10.5. The number of ether oxygens (including phenoxy) is 1. The number of nitrogens with two attached hydrogens (primary N) is 1. The third-order valence-electron chi connectivity index (χ3n) is 2.20. The zero-order chi connectivity index (χ0) is 11.2. The molecule has 2 heteroatoms. The molecule has 0 amide bonds. The Kier molecular flexibility index (Phi) is 6.38. The van der Waals surface area contributed by atoms with Crippen molar-refractivity contribution in [3.8, 4) is 0 Å². The van der Waals surface area contributed by atoms with Crippen LogP contribution in [0.4, 0.5) is 0 Å². The van der Waals surface area contributed by atoms with Gasteiger partial charge in [0.1, 0.15) is 0 Å². The topological polar surface area (TPSA) is 35.2 Å². The maximum atomic E-state index is 5.95. The molecule has 86 valence electrons. The Hall–Kier alpha value is -0.0800. The van der Waals surface area contributed by atoms with Gasteiger partial charge in [-0.2, -0.15) is 0 Å². The minimum absolute atomic E-state index is 0.201. The Morgan fingerprint density at radius 1 is 1.29 bits per heavy atom. The Bertz CT molecular complexity index is 140. The van der Waals surface area contributed by atoms with Crippen molar-refractivity contribution in [1.29, 1.82) is 0 Å². The van der Waals surface area contributed by atoms with Gasteiger partial charge in [-0.1, -0.05) is 27.7 Å². The van der Waals surface area contributed by atoms with E-state index < -0.39 is 0 Å². The first-order chi connectivity index (χ1) is 6.35. The van der Waals surface area contributed by atoms with Crippen LogP contribution in [0, 0.1) is 11.3 Å². The van der Waals surface area contributed by atoms with E-state index in [4.69, 9.17) is 10.5 Å². The van der Waals surface area contributed by atoms with Crippen LogP contribution < -0.4 is 5.73 Å². The van der Waals surface area contributed by atoms with E-state index in [0.29, 0.717) is 17.9 Å². The van der Waals surface area contributed by atoms with E-state index in [1.54, 1.807) is 0 Å². The van der Waals surface area contributed by atoms with Crippen LogP contribution in [0.5, 0.6) is 0 Å². The van der Waals surface area contributed by atoms with Crippen LogP contribution in [0.15, 0.2) is 0 Å². The molecule has 2 atom stereocenters. The normalized spacial score (nSPS) is 16.7. The molecule has 0 heterocycles. The molecule has 0 saturated carbocycles. The summed E-state index contributed by atoms with van der Waals surface area (Å²) >= 11 is 0. The average molecular weight is 201 g/mol. The van der Waals surface area contributed by atoms with E-state index in [1.165, 1.54) is 6.42 Å². The van der Waals surface area contributed by atoms with Gasteiger partial charge in [0.25, 0.3) is 0 Å². The highest BCUT2D eigenvalue weighted by atomic mass is 16.5. The third-order valence-corrected chi connectivity index (χ3v) is 2.20. The minimum atomic E-state index is 0.201. The first-order valence-electron chi connectivity index (χ1n) is 5.68. The largest absolute Gasteiger partial charge is 0.380 e. The van der Waals surface area contributed by atoms with E-state index in [9.17, 15) is 0 Å². The van der Waals surface area contributed by atoms with Crippen LogP contribution >= 0.6 is 0 Å². The minimum Gasteiger partial charge on any atom is -0.380 e. The molecule has 0 fully saturated rings. The molecule has 2 unspecified atom stereocenters. The van der Waals surface area contributed by atoms with Crippen LogP contribution in [0.25, 0.3) is 0 Å². The molecule has 14 heavy (non-hydrogen) atoms. The molecule has 0 spiro atoms. The molecule has 0 aromatic carbocycles. The number of hydrogen-bond acceptors (Lipinski definition) is 2. The first kappa shape index (κ1) is 13.9. The molecule has 0 aromatic heterocycles. The van der Waals surface area contributed by atoms with Crippen LogP contribution in [-0.2, 0) is 4.74 Å². The summed E-state index contributed by atoms with van der Waals surface area (Å²) in [6, 6.07) is 0.201. The van der Waals surface area contributed by atoms with Gasteiger partial charge in [0.2, 0.25) is 0 Å². The van der Waals surface area contributed by atoms with Crippen LogP contribution in [0.1, 0.15) is 47.5 Å². The third kappa shape index (κ3) is 8.52. The van der Waals surface area contributed by atoms with Gasteiger partial charge in [-0.3, -0.25) is 0 Å². The SMILES string of the molecule is CCOCC(N)CC(C)CC(C)(C)C. The van der Waals surface area contributed by atoms with Gasteiger partial charge >= 0.3 is 0 Å². The monoisotopic (exact) mass is 201 g/mol. The summed E-state index contributed by atoms with van der Waals surface area (Å²) < 4.78 is 5.30. The highest BCUT2D eigenvalue weighted by Gasteiger charge is 2.17. The molecule has 0 aliphatic carbocycles. The summed E-state index contributed by atoms with van der Waals surface area (Å²) in [7, 11) is 0. The maximum absolute atomic E-state index is 5.95. The van der Waals surface area contributed by atoms with Crippen LogP contribution in [0.2, 0.25) is 0 Å². The van der Waals surface area contributed by atoms with Gasteiger partial charge in [-0.25, -0.2) is 0 Å². The summed E-state index contributed by atoms with van der Waals surface area (Å²) in [5, 5.41) is 0. The Labute approximate surface area is 89.2 Å². The number of rotatable bonds is 6. The Morgan fingerprint density at radius 3 is 2.29 bits per heavy atom. The molecule has 0 saturated heterocycles. The second-order valence-corrected chi connectivity index (χ2v) is 5.53. The smallest absolute Gasteiger partial charge is 0.0617 e. The van der Waals surface area contributed by atoms with E-state index in [-0.39, 0.29) is 6.04 Å². The van der Waals surface area contributed by atoms with Gasteiger partial charge in [-0.05, 0) is 31.1 Å². The van der Waals surface area contributed by atoms with Crippen molar-refractivity contribution in [2.75, 3.05) is 13.2 Å². The van der Waals surface area contributed by atoms with Gasteiger partial charge in [0, 0.05) is 12.6 Å².